The second kappa shape index (κ2) is 7.71. The fourth-order valence-corrected chi connectivity index (χ4v) is 2.97. The Morgan fingerprint density at radius 1 is 1.26 bits per heavy atom. The zero-order chi connectivity index (χ0) is 13.5. The SMILES string of the molecule is CCCn1cccc1CNCC(C)N1CCCCC1. The molecule has 1 aliphatic heterocycles. The Labute approximate surface area is 118 Å². The molecule has 1 aromatic heterocycles. The fourth-order valence-electron chi connectivity index (χ4n) is 2.97. The third-order valence-corrected chi connectivity index (χ3v) is 4.15. The lowest BCUT2D eigenvalue weighted by Crippen LogP contribution is -2.43. The molecule has 0 amide bonds. The molecule has 2 rings (SSSR count). The van der Waals surface area contributed by atoms with Crippen LogP contribution in [-0.2, 0) is 13.1 Å². The summed E-state index contributed by atoms with van der Waals surface area (Å²) in [6.45, 7) is 10.4. The van der Waals surface area contributed by atoms with E-state index in [0.29, 0.717) is 6.04 Å². The van der Waals surface area contributed by atoms with Gasteiger partial charge >= 0.3 is 0 Å². The first-order valence-corrected chi connectivity index (χ1v) is 7.90. The van der Waals surface area contributed by atoms with Gasteiger partial charge in [-0.05, 0) is 51.4 Å². The molecule has 1 unspecified atom stereocenters. The minimum absolute atomic E-state index is 0.662. The van der Waals surface area contributed by atoms with Gasteiger partial charge in [-0.1, -0.05) is 13.3 Å². The van der Waals surface area contributed by atoms with Gasteiger partial charge in [0.25, 0.3) is 0 Å². The summed E-state index contributed by atoms with van der Waals surface area (Å²) in [7, 11) is 0. The molecule has 1 atom stereocenters. The first-order chi connectivity index (χ1) is 9.31. The van der Waals surface area contributed by atoms with Crippen LogP contribution < -0.4 is 5.32 Å². The van der Waals surface area contributed by atoms with Gasteiger partial charge in [-0.25, -0.2) is 0 Å². The quantitative estimate of drug-likeness (QED) is 0.816. The number of nitrogens with zero attached hydrogens (tertiary/aromatic N) is 2. The van der Waals surface area contributed by atoms with E-state index >= 15 is 0 Å². The highest BCUT2D eigenvalue weighted by atomic mass is 15.2. The third-order valence-electron chi connectivity index (χ3n) is 4.15. The van der Waals surface area contributed by atoms with Crippen molar-refractivity contribution in [2.75, 3.05) is 19.6 Å². The Balaban J connectivity index is 1.71. The van der Waals surface area contributed by atoms with E-state index in [-0.39, 0.29) is 0 Å². The summed E-state index contributed by atoms with van der Waals surface area (Å²) in [6, 6.07) is 5.05. The molecule has 1 saturated heterocycles. The van der Waals surface area contributed by atoms with Gasteiger partial charge in [-0.15, -0.1) is 0 Å². The van der Waals surface area contributed by atoms with Gasteiger partial charge in [0.05, 0.1) is 0 Å². The standard InChI is InChI=1S/C16H29N3/c1-3-9-19-12-7-8-16(19)14-17-13-15(2)18-10-5-4-6-11-18/h7-8,12,15,17H,3-6,9-11,13-14H2,1-2H3. The molecule has 1 fully saturated rings. The minimum Gasteiger partial charge on any atom is -0.350 e. The number of hydrogen-bond donors (Lipinski definition) is 1. The third kappa shape index (κ3) is 4.36. The van der Waals surface area contributed by atoms with Crippen molar-refractivity contribution in [3.8, 4) is 0 Å². The lowest BCUT2D eigenvalue weighted by molar-refractivity contribution is 0.170. The molecule has 0 aliphatic carbocycles. The summed E-state index contributed by atoms with van der Waals surface area (Å²) in [5, 5.41) is 3.62. The van der Waals surface area contributed by atoms with E-state index < -0.39 is 0 Å². The van der Waals surface area contributed by atoms with Crippen LogP contribution in [0.2, 0.25) is 0 Å². The van der Waals surface area contributed by atoms with Crippen LogP contribution in [0.1, 0.15) is 45.2 Å². The first kappa shape index (κ1) is 14.6. The van der Waals surface area contributed by atoms with E-state index in [1.54, 1.807) is 0 Å². The highest BCUT2D eigenvalue weighted by molar-refractivity contribution is 5.06. The average molecular weight is 263 g/mol. The van der Waals surface area contributed by atoms with Crippen molar-refractivity contribution in [2.45, 2.75) is 58.7 Å². The van der Waals surface area contributed by atoms with Crippen LogP contribution in [-0.4, -0.2) is 35.1 Å². The number of likely N-dealkylation sites (tertiary alicyclic amines) is 1. The van der Waals surface area contributed by atoms with Crippen molar-refractivity contribution in [1.29, 1.82) is 0 Å². The van der Waals surface area contributed by atoms with Crippen molar-refractivity contribution in [2.24, 2.45) is 0 Å². The van der Waals surface area contributed by atoms with Gasteiger partial charge < -0.3 is 9.88 Å². The summed E-state index contributed by atoms with van der Waals surface area (Å²) in [5.74, 6) is 0. The maximum Gasteiger partial charge on any atom is 0.0359 e. The molecule has 19 heavy (non-hydrogen) atoms. The minimum atomic E-state index is 0.662. The van der Waals surface area contributed by atoms with Gasteiger partial charge in [-0.2, -0.15) is 0 Å². The van der Waals surface area contributed by atoms with E-state index in [2.05, 4.69) is 47.0 Å². The van der Waals surface area contributed by atoms with E-state index in [9.17, 15) is 0 Å². The molecular formula is C16H29N3. The first-order valence-electron chi connectivity index (χ1n) is 7.90. The molecule has 0 radical (unpaired) electrons. The Morgan fingerprint density at radius 3 is 2.79 bits per heavy atom. The zero-order valence-corrected chi connectivity index (χ0v) is 12.6. The summed E-state index contributed by atoms with van der Waals surface area (Å²) < 4.78 is 2.36. The fraction of sp³-hybridized carbons (Fsp3) is 0.750. The van der Waals surface area contributed by atoms with Crippen molar-refractivity contribution in [1.82, 2.24) is 14.8 Å². The number of aryl methyl sites for hydroxylation is 1. The van der Waals surface area contributed by atoms with E-state index in [0.717, 1.165) is 19.6 Å². The molecule has 0 bridgehead atoms. The molecule has 1 aliphatic rings. The van der Waals surface area contributed by atoms with Crippen LogP contribution in [0.5, 0.6) is 0 Å². The van der Waals surface area contributed by atoms with Crippen LogP contribution in [0, 0.1) is 0 Å². The Hall–Kier alpha value is -0.800. The van der Waals surface area contributed by atoms with Crippen LogP contribution in [0.15, 0.2) is 18.3 Å². The Bertz CT molecular complexity index is 353. The molecule has 108 valence electrons. The maximum absolute atomic E-state index is 3.62. The largest absolute Gasteiger partial charge is 0.350 e. The predicted molar refractivity (Wildman–Crippen MR) is 81.3 cm³/mol. The molecule has 3 heteroatoms. The van der Waals surface area contributed by atoms with E-state index in [1.807, 2.05) is 0 Å². The summed E-state index contributed by atoms with van der Waals surface area (Å²) in [5.41, 5.74) is 1.41. The summed E-state index contributed by atoms with van der Waals surface area (Å²) in [6.07, 6.45) is 7.56. The normalized spacial score (nSPS) is 18.6. The Kier molecular flexibility index (Phi) is 5.93. The van der Waals surface area contributed by atoms with Crippen molar-refractivity contribution in [3.63, 3.8) is 0 Å². The van der Waals surface area contributed by atoms with Crippen LogP contribution >= 0.6 is 0 Å². The summed E-state index contributed by atoms with van der Waals surface area (Å²) >= 11 is 0. The number of aromatic nitrogens is 1. The monoisotopic (exact) mass is 263 g/mol. The smallest absolute Gasteiger partial charge is 0.0359 e. The maximum atomic E-state index is 3.62. The van der Waals surface area contributed by atoms with E-state index in [4.69, 9.17) is 0 Å². The van der Waals surface area contributed by atoms with Gasteiger partial charge in [0.1, 0.15) is 0 Å². The lowest BCUT2D eigenvalue weighted by Gasteiger charge is -2.32. The van der Waals surface area contributed by atoms with Crippen molar-refractivity contribution >= 4 is 0 Å². The van der Waals surface area contributed by atoms with Crippen molar-refractivity contribution in [3.05, 3.63) is 24.0 Å². The Morgan fingerprint density at radius 2 is 2.05 bits per heavy atom. The van der Waals surface area contributed by atoms with Gasteiger partial charge in [0.2, 0.25) is 0 Å². The molecule has 3 nitrogen and oxygen atoms in total. The van der Waals surface area contributed by atoms with Gasteiger partial charge in [0.15, 0.2) is 0 Å². The lowest BCUT2D eigenvalue weighted by atomic mass is 10.1. The molecule has 0 aromatic carbocycles. The number of nitrogens with one attached hydrogen (secondary N) is 1. The molecule has 1 N–H and O–H groups in total. The number of piperidine rings is 1. The number of hydrogen-bond acceptors (Lipinski definition) is 2. The molecule has 1 aromatic rings. The zero-order valence-electron chi connectivity index (χ0n) is 12.6. The van der Waals surface area contributed by atoms with Gasteiger partial charge in [0, 0.05) is 37.6 Å². The topological polar surface area (TPSA) is 20.2 Å². The second-order valence-corrected chi connectivity index (χ2v) is 5.77. The van der Waals surface area contributed by atoms with Crippen LogP contribution in [0.3, 0.4) is 0 Å². The highest BCUT2D eigenvalue weighted by Crippen LogP contribution is 2.11. The average Bonchev–Trinajstić information content (AvgIpc) is 2.88. The van der Waals surface area contributed by atoms with Gasteiger partial charge in [-0.3, -0.25) is 4.90 Å². The summed E-state index contributed by atoms with van der Waals surface area (Å²) in [4.78, 5) is 2.63. The number of rotatable bonds is 7. The van der Waals surface area contributed by atoms with E-state index in [1.165, 1.54) is 44.5 Å². The molecule has 0 spiro atoms. The predicted octanol–water partition coefficient (Wildman–Crippen LogP) is 2.86. The molecule has 0 saturated carbocycles. The highest BCUT2D eigenvalue weighted by Gasteiger charge is 2.15. The second-order valence-electron chi connectivity index (χ2n) is 5.77. The molecule has 2 heterocycles. The van der Waals surface area contributed by atoms with Crippen LogP contribution in [0.4, 0.5) is 0 Å². The molecular weight excluding hydrogens is 234 g/mol. The van der Waals surface area contributed by atoms with Crippen molar-refractivity contribution < 1.29 is 0 Å². The van der Waals surface area contributed by atoms with Crippen LogP contribution in [0.25, 0.3) is 0 Å².